The van der Waals surface area contributed by atoms with Crippen molar-refractivity contribution in [1.82, 2.24) is 4.98 Å². The smallest absolute Gasteiger partial charge is 0.275 e. The largest absolute Gasteiger partial charge is 0.375 e. The summed E-state index contributed by atoms with van der Waals surface area (Å²) in [5, 5.41) is 4.47. The average molecular weight is 251 g/mol. The number of anilines is 2. The van der Waals surface area contributed by atoms with E-state index in [0.717, 1.165) is 5.56 Å². The van der Waals surface area contributed by atoms with Crippen molar-refractivity contribution >= 4 is 28.1 Å². The van der Waals surface area contributed by atoms with Gasteiger partial charge < -0.3 is 11.1 Å². The van der Waals surface area contributed by atoms with Crippen molar-refractivity contribution in [3.8, 4) is 0 Å². The molecule has 0 radical (unpaired) electrons. The summed E-state index contributed by atoms with van der Waals surface area (Å²) in [6, 6.07) is 4.20. The Labute approximate surface area is 101 Å². The summed E-state index contributed by atoms with van der Waals surface area (Å²) in [5.41, 5.74) is 6.88. The number of aryl methyl sites for hydroxylation is 1. The fraction of sp³-hybridized carbons (Fsp3) is 0.0909. The van der Waals surface area contributed by atoms with Crippen molar-refractivity contribution in [3.05, 3.63) is 40.7 Å². The third-order valence-electron chi connectivity index (χ3n) is 2.20. The van der Waals surface area contributed by atoms with Crippen LogP contribution in [0, 0.1) is 12.7 Å². The number of thiazole rings is 1. The van der Waals surface area contributed by atoms with E-state index in [9.17, 15) is 9.18 Å². The molecule has 2 aromatic rings. The minimum Gasteiger partial charge on any atom is -0.375 e. The first kappa shape index (κ1) is 11.5. The average Bonchev–Trinajstić information content (AvgIpc) is 2.70. The molecule has 0 aliphatic heterocycles. The number of nitrogens with two attached hydrogens (primary N) is 1. The minimum absolute atomic E-state index is 0.233. The molecule has 0 aliphatic carbocycles. The van der Waals surface area contributed by atoms with Gasteiger partial charge in [0.2, 0.25) is 0 Å². The summed E-state index contributed by atoms with van der Waals surface area (Å²) in [5.74, 6) is -0.796. The van der Waals surface area contributed by atoms with Crippen molar-refractivity contribution in [2.45, 2.75) is 6.92 Å². The lowest BCUT2D eigenvalue weighted by molar-refractivity contribution is 0.102. The number of nitrogen functional groups attached to an aromatic ring is 1. The lowest BCUT2D eigenvalue weighted by Crippen LogP contribution is -2.13. The molecule has 1 aromatic carbocycles. The number of carbonyl (C=O) groups is 1. The van der Waals surface area contributed by atoms with Gasteiger partial charge in [0.1, 0.15) is 11.5 Å². The van der Waals surface area contributed by atoms with Gasteiger partial charge in [0.15, 0.2) is 5.13 Å². The lowest BCUT2D eigenvalue weighted by atomic mass is 10.2. The van der Waals surface area contributed by atoms with Gasteiger partial charge >= 0.3 is 0 Å². The van der Waals surface area contributed by atoms with Gasteiger partial charge in [0.05, 0.1) is 0 Å². The molecule has 0 aliphatic rings. The topological polar surface area (TPSA) is 68.0 Å². The predicted octanol–water partition coefficient (Wildman–Crippen LogP) is 2.43. The first-order valence-corrected chi connectivity index (χ1v) is 5.73. The van der Waals surface area contributed by atoms with Crippen LogP contribution >= 0.6 is 11.3 Å². The molecular weight excluding hydrogens is 241 g/mol. The van der Waals surface area contributed by atoms with Gasteiger partial charge in [-0.3, -0.25) is 4.79 Å². The van der Waals surface area contributed by atoms with Gasteiger partial charge in [-0.1, -0.05) is 6.07 Å². The molecule has 4 nitrogen and oxygen atoms in total. The summed E-state index contributed by atoms with van der Waals surface area (Å²) in [4.78, 5) is 15.6. The molecule has 1 amide bonds. The van der Waals surface area contributed by atoms with Crippen LogP contribution in [0.5, 0.6) is 0 Å². The molecule has 0 fully saturated rings. The van der Waals surface area contributed by atoms with E-state index in [4.69, 9.17) is 5.73 Å². The molecule has 88 valence electrons. The van der Waals surface area contributed by atoms with Crippen molar-refractivity contribution in [3.63, 3.8) is 0 Å². The highest BCUT2D eigenvalue weighted by Gasteiger charge is 2.11. The molecule has 0 bridgehead atoms. The zero-order chi connectivity index (χ0) is 12.4. The van der Waals surface area contributed by atoms with E-state index in [2.05, 4.69) is 10.3 Å². The van der Waals surface area contributed by atoms with E-state index >= 15 is 0 Å². The maximum Gasteiger partial charge on any atom is 0.275 e. The molecule has 0 spiro atoms. The van der Waals surface area contributed by atoms with Crippen LogP contribution in [0.25, 0.3) is 0 Å². The van der Waals surface area contributed by atoms with Crippen LogP contribution in [0.15, 0.2) is 23.6 Å². The second-order valence-corrected chi connectivity index (χ2v) is 4.37. The van der Waals surface area contributed by atoms with Gasteiger partial charge in [-0.05, 0) is 24.6 Å². The van der Waals surface area contributed by atoms with Crippen LogP contribution in [0.2, 0.25) is 0 Å². The van der Waals surface area contributed by atoms with Crippen LogP contribution in [-0.4, -0.2) is 10.9 Å². The highest BCUT2D eigenvalue weighted by Crippen LogP contribution is 2.18. The zero-order valence-corrected chi connectivity index (χ0v) is 9.84. The van der Waals surface area contributed by atoms with Crippen molar-refractivity contribution in [1.29, 1.82) is 0 Å². The van der Waals surface area contributed by atoms with E-state index in [-0.39, 0.29) is 5.69 Å². The Bertz CT molecular complexity index is 568. The predicted molar refractivity (Wildman–Crippen MR) is 65.6 cm³/mol. The maximum atomic E-state index is 13.0. The molecule has 2 rings (SSSR count). The summed E-state index contributed by atoms with van der Waals surface area (Å²) in [6.45, 7) is 1.78. The van der Waals surface area contributed by atoms with Crippen LogP contribution in [0.4, 0.5) is 15.2 Å². The third-order valence-corrected chi connectivity index (χ3v) is 2.88. The second-order valence-electron chi connectivity index (χ2n) is 3.48. The number of nitrogens with zero attached hydrogens (tertiary/aromatic N) is 1. The first-order valence-electron chi connectivity index (χ1n) is 4.85. The molecule has 0 saturated carbocycles. The van der Waals surface area contributed by atoms with Gasteiger partial charge in [-0.25, -0.2) is 9.37 Å². The first-order chi connectivity index (χ1) is 8.06. The Balaban J connectivity index is 2.21. The van der Waals surface area contributed by atoms with E-state index in [1.807, 2.05) is 0 Å². The van der Waals surface area contributed by atoms with Crippen LogP contribution in [-0.2, 0) is 0 Å². The van der Waals surface area contributed by atoms with Crippen molar-refractivity contribution < 1.29 is 9.18 Å². The number of amides is 1. The Kier molecular flexibility index (Phi) is 3.06. The van der Waals surface area contributed by atoms with E-state index < -0.39 is 11.7 Å². The number of nitrogens with one attached hydrogen (secondary N) is 1. The van der Waals surface area contributed by atoms with Gasteiger partial charge in [-0.15, -0.1) is 11.3 Å². The number of halogens is 1. The molecule has 0 unspecified atom stereocenters. The fourth-order valence-corrected chi connectivity index (χ4v) is 1.85. The number of aromatic nitrogens is 1. The van der Waals surface area contributed by atoms with E-state index in [0.29, 0.717) is 10.8 Å². The number of carbonyl (C=O) groups excluding carboxylic acids is 1. The third kappa shape index (κ3) is 2.59. The second kappa shape index (κ2) is 4.50. The van der Waals surface area contributed by atoms with Gasteiger partial charge in [0, 0.05) is 11.1 Å². The van der Waals surface area contributed by atoms with Crippen molar-refractivity contribution in [2.75, 3.05) is 11.1 Å². The zero-order valence-electron chi connectivity index (χ0n) is 9.03. The summed E-state index contributed by atoms with van der Waals surface area (Å²) in [6.07, 6.45) is 0. The van der Waals surface area contributed by atoms with Crippen molar-refractivity contribution in [2.24, 2.45) is 0 Å². The molecule has 17 heavy (non-hydrogen) atoms. The molecule has 0 saturated heterocycles. The summed E-state index contributed by atoms with van der Waals surface area (Å²) < 4.78 is 13.0. The van der Waals surface area contributed by atoms with Gasteiger partial charge in [0.25, 0.3) is 5.91 Å². The molecule has 0 atom stereocenters. The molecule has 1 aromatic heterocycles. The molecule has 6 heteroatoms. The van der Waals surface area contributed by atoms with Gasteiger partial charge in [-0.2, -0.15) is 0 Å². The lowest BCUT2D eigenvalue weighted by Gasteiger charge is -2.06. The highest BCUT2D eigenvalue weighted by atomic mass is 32.1. The SMILES string of the molecule is Cc1ccc(F)cc1NC(=O)c1csc(N)n1. The normalized spacial score (nSPS) is 10.2. The Morgan fingerprint density at radius 1 is 1.53 bits per heavy atom. The summed E-state index contributed by atoms with van der Waals surface area (Å²) >= 11 is 1.18. The minimum atomic E-state index is -0.399. The Hall–Kier alpha value is -1.95. The van der Waals surface area contributed by atoms with Crippen LogP contribution < -0.4 is 11.1 Å². The quantitative estimate of drug-likeness (QED) is 0.861. The number of benzene rings is 1. The highest BCUT2D eigenvalue weighted by molar-refractivity contribution is 7.13. The van der Waals surface area contributed by atoms with E-state index in [1.165, 1.54) is 23.5 Å². The molecule has 3 N–H and O–H groups in total. The van der Waals surface area contributed by atoms with Crippen LogP contribution in [0.1, 0.15) is 16.1 Å². The fourth-order valence-electron chi connectivity index (χ4n) is 1.31. The molecular formula is C11H10FN3OS. The Morgan fingerprint density at radius 2 is 2.29 bits per heavy atom. The maximum absolute atomic E-state index is 13.0. The standard InChI is InChI=1S/C11H10FN3OS/c1-6-2-3-7(12)4-8(6)14-10(16)9-5-17-11(13)15-9/h2-5H,1H3,(H2,13,15)(H,14,16). The number of rotatable bonds is 2. The van der Waals surface area contributed by atoms with Crippen LogP contribution in [0.3, 0.4) is 0 Å². The molecule has 1 heterocycles. The number of hydrogen-bond donors (Lipinski definition) is 2. The summed E-state index contributed by atoms with van der Waals surface area (Å²) in [7, 11) is 0. The number of hydrogen-bond acceptors (Lipinski definition) is 4. The van der Waals surface area contributed by atoms with E-state index in [1.54, 1.807) is 18.4 Å². The Morgan fingerprint density at radius 3 is 2.94 bits per heavy atom. The monoisotopic (exact) mass is 251 g/mol.